The van der Waals surface area contributed by atoms with Gasteiger partial charge in [-0.25, -0.2) is 4.99 Å². The Kier molecular flexibility index (Phi) is 1.90. The molecular formula is C9H11N3O. The van der Waals surface area contributed by atoms with Crippen LogP contribution in [0, 0.1) is 0 Å². The van der Waals surface area contributed by atoms with Gasteiger partial charge in [-0.05, 0) is 19.1 Å². The molecule has 0 aromatic heterocycles. The van der Waals surface area contributed by atoms with Gasteiger partial charge in [-0.3, -0.25) is 0 Å². The molecule has 0 aliphatic carbocycles. The second kappa shape index (κ2) is 3.06. The molecule has 1 atom stereocenters. The fourth-order valence-electron chi connectivity index (χ4n) is 1.19. The molecule has 1 aliphatic heterocycles. The zero-order valence-corrected chi connectivity index (χ0v) is 7.32. The first-order valence-electron chi connectivity index (χ1n) is 4.12. The standard InChI is InChI=1S/C9H11N3O/c1-6-11-9(13-12-6)7-4-2-3-5-8(7)10/h2-6,12H,10H2,1H3. The number of benzene rings is 1. The van der Waals surface area contributed by atoms with E-state index < -0.39 is 0 Å². The summed E-state index contributed by atoms with van der Waals surface area (Å²) in [5.74, 6) is 0.561. The largest absolute Gasteiger partial charge is 0.398 e. The van der Waals surface area contributed by atoms with Crippen LogP contribution in [0.2, 0.25) is 0 Å². The molecule has 1 aromatic rings. The van der Waals surface area contributed by atoms with Crippen molar-refractivity contribution >= 4 is 11.6 Å². The maximum absolute atomic E-state index is 5.76. The molecule has 4 nitrogen and oxygen atoms in total. The van der Waals surface area contributed by atoms with Crippen molar-refractivity contribution in [3.05, 3.63) is 29.8 Å². The van der Waals surface area contributed by atoms with Gasteiger partial charge in [-0.2, -0.15) is 0 Å². The molecule has 4 heteroatoms. The smallest absolute Gasteiger partial charge is 0.244 e. The van der Waals surface area contributed by atoms with Gasteiger partial charge in [0, 0.05) is 5.69 Å². The van der Waals surface area contributed by atoms with Crippen molar-refractivity contribution in [2.45, 2.75) is 13.1 Å². The van der Waals surface area contributed by atoms with Gasteiger partial charge >= 0.3 is 0 Å². The lowest BCUT2D eigenvalue weighted by atomic mass is 10.2. The normalized spacial score (nSPS) is 21.0. The van der Waals surface area contributed by atoms with Gasteiger partial charge in [0.1, 0.15) is 6.17 Å². The predicted octanol–water partition coefficient (Wildman–Crippen LogP) is 0.896. The highest BCUT2D eigenvalue weighted by molar-refractivity contribution is 5.99. The third-order valence-corrected chi connectivity index (χ3v) is 1.83. The topological polar surface area (TPSA) is 59.6 Å². The number of nitrogens with one attached hydrogen (secondary N) is 1. The maximum atomic E-state index is 5.76. The number of para-hydroxylation sites is 1. The first-order chi connectivity index (χ1) is 6.27. The summed E-state index contributed by atoms with van der Waals surface area (Å²) in [6.45, 7) is 1.91. The molecule has 0 spiro atoms. The number of anilines is 1. The van der Waals surface area contributed by atoms with Crippen molar-refractivity contribution in [1.29, 1.82) is 0 Å². The van der Waals surface area contributed by atoms with E-state index in [1.54, 1.807) is 0 Å². The van der Waals surface area contributed by atoms with Gasteiger partial charge < -0.3 is 10.6 Å². The number of rotatable bonds is 1. The summed E-state index contributed by atoms with van der Waals surface area (Å²) >= 11 is 0. The zero-order valence-electron chi connectivity index (χ0n) is 7.32. The molecule has 2 rings (SSSR count). The highest BCUT2D eigenvalue weighted by Gasteiger charge is 2.17. The van der Waals surface area contributed by atoms with Crippen LogP contribution < -0.4 is 11.2 Å². The molecule has 3 N–H and O–H groups in total. The van der Waals surface area contributed by atoms with Crippen molar-refractivity contribution in [3.63, 3.8) is 0 Å². The van der Waals surface area contributed by atoms with Crippen molar-refractivity contribution in [2.24, 2.45) is 4.99 Å². The number of hydrogen-bond donors (Lipinski definition) is 2. The Hall–Kier alpha value is -1.55. The summed E-state index contributed by atoms with van der Waals surface area (Å²) in [6.07, 6.45) is -0.00499. The Morgan fingerprint density at radius 3 is 2.85 bits per heavy atom. The third-order valence-electron chi connectivity index (χ3n) is 1.83. The van der Waals surface area contributed by atoms with E-state index in [2.05, 4.69) is 10.5 Å². The fraction of sp³-hybridized carbons (Fsp3) is 0.222. The molecule has 68 valence electrons. The van der Waals surface area contributed by atoms with Crippen LogP contribution in [-0.2, 0) is 4.84 Å². The molecule has 0 bridgehead atoms. The van der Waals surface area contributed by atoms with Crippen molar-refractivity contribution in [1.82, 2.24) is 5.48 Å². The van der Waals surface area contributed by atoms with E-state index in [9.17, 15) is 0 Å². The lowest BCUT2D eigenvalue weighted by Gasteiger charge is -2.02. The molecule has 13 heavy (non-hydrogen) atoms. The van der Waals surface area contributed by atoms with Gasteiger partial charge in [-0.1, -0.05) is 12.1 Å². The number of aliphatic imine (C=N–C) groups is 1. The van der Waals surface area contributed by atoms with E-state index in [4.69, 9.17) is 10.6 Å². The van der Waals surface area contributed by atoms with Crippen LogP contribution in [0.1, 0.15) is 12.5 Å². The lowest BCUT2D eigenvalue weighted by molar-refractivity contribution is 0.186. The summed E-state index contributed by atoms with van der Waals surface area (Å²) < 4.78 is 0. The summed E-state index contributed by atoms with van der Waals surface area (Å²) in [5, 5.41) is 0. The second-order valence-corrected chi connectivity index (χ2v) is 2.92. The van der Waals surface area contributed by atoms with Crippen LogP contribution in [0.4, 0.5) is 5.69 Å². The fourth-order valence-corrected chi connectivity index (χ4v) is 1.19. The van der Waals surface area contributed by atoms with E-state index in [-0.39, 0.29) is 6.17 Å². The minimum atomic E-state index is -0.00499. The number of nitrogen functional groups attached to an aromatic ring is 1. The first-order valence-corrected chi connectivity index (χ1v) is 4.12. The van der Waals surface area contributed by atoms with Crippen LogP contribution in [-0.4, -0.2) is 12.1 Å². The molecule has 1 aliphatic rings. The molecule has 1 heterocycles. The van der Waals surface area contributed by atoms with E-state index in [1.165, 1.54) is 0 Å². The summed E-state index contributed by atoms with van der Waals surface area (Å²) in [4.78, 5) is 9.37. The Bertz CT molecular complexity index is 348. The molecule has 0 amide bonds. The van der Waals surface area contributed by atoms with Crippen LogP contribution in [0.5, 0.6) is 0 Å². The summed E-state index contributed by atoms with van der Waals surface area (Å²) in [5.41, 5.74) is 10.0. The Labute approximate surface area is 76.4 Å². The average Bonchev–Trinajstić information content (AvgIpc) is 2.53. The minimum absolute atomic E-state index is 0.00499. The van der Waals surface area contributed by atoms with Gasteiger partial charge in [0.15, 0.2) is 0 Å². The minimum Gasteiger partial charge on any atom is -0.398 e. The molecule has 1 aromatic carbocycles. The number of nitrogens with zero attached hydrogens (tertiary/aromatic N) is 1. The van der Waals surface area contributed by atoms with Crippen molar-refractivity contribution in [3.8, 4) is 0 Å². The highest BCUT2D eigenvalue weighted by Crippen LogP contribution is 2.15. The summed E-state index contributed by atoms with van der Waals surface area (Å²) in [6, 6.07) is 7.49. The molecule has 1 unspecified atom stereocenters. The van der Waals surface area contributed by atoms with Crippen molar-refractivity contribution < 1.29 is 4.84 Å². The molecule has 0 fully saturated rings. The highest BCUT2D eigenvalue weighted by atomic mass is 16.7. The summed E-state index contributed by atoms with van der Waals surface area (Å²) in [7, 11) is 0. The van der Waals surface area contributed by atoms with Crippen molar-refractivity contribution in [2.75, 3.05) is 5.73 Å². The van der Waals surface area contributed by atoms with E-state index in [0.29, 0.717) is 11.6 Å². The lowest BCUT2D eigenvalue weighted by Crippen LogP contribution is -2.17. The van der Waals surface area contributed by atoms with Crippen LogP contribution in [0.3, 0.4) is 0 Å². The second-order valence-electron chi connectivity index (χ2n) is 2.92. The van der Waals surface area contributed by atoms with Gasteiger partial charge in [0.2, 0.25) is 5.90 Å². The molecule has 0 radical (unpaired) electrons. The Balaban J connectivity index is 2.36. The SMILES string of the molecule is CC1N=C(c2ccccc2N)ON1. The first kappa shape index (κ1) is 8.07. The van der Waals surface area contributed by atoms with Crippen LogP contribution in [0.15, 0.2) is 29.3 Å². The predicted molar refractivity (Wildman–Crippen MR) is 51.1 cm³/mol. The quantitative estimate of drug-likeness (QED) is 0.626. The Morgan fingerprint density at radius 1 is 1.46 bits per heavy atom. The number of hydroxylamine groups is 1. The molecular weight excluding hydrogens is 166 g/mol. The van der Waals surface area contributed by atoms with E-state index in [1.807, 2.05) is 31.2 Å². The van der Waals surface area contributed by atoms with E-state index in [0.717, 1.165) is 5.56 Å². The third kappa shape index (κ3) is 1.48. The molecule has 0 saturated heterocycles. The monoisotopic (exact) mass is 177 g/mol. The Morgan fingerprint density at radius 2 is 2.23 bits per heavy atom. The maximum Gasteiger partial charge on any atom is 0.244 e. The number of nitrogens with two attached hydrogens (primary N) is 1. The number of hydrogen-bond acceptors (Lipinski definition) is 4. The van der Waals surface area contributed by atoms with Gasteiger partial charge in [0.05, 0.1) is 5.56 Å². The molecule has 0 saturated carbocycles. The van der Waals surface area contributed by atoms with E-state index >= 15 is 0 Å². The average molecular weight is 177 g/mol. The van der Waals surface area contributed by atoms with Crippen LogP contribution in [0.25, 0.3) is 0 Å². The zero-order chi connectivity index (χ0) is 9.26. The van der Waals surface area contributed by atoms with Gasteiger partial charge in [0.25, 0.3) is 0 Å². The van der Waals surface area contributed by atoms with Crippen LogP contribution >= 0.6 is 0 Å². The van der Waals surface area contributed by atoms with Gasteiger partial charge in [-0.15, -0.1) is 5.48 Å².